The van der Waals surface area contributed by atoms with Crippen molar-refractivity contribution in [3.8, 4) is 0 Å². The van der Waals surface area contributed by atoms with Crippen molar-refractivity contribution < 1.29 is 14.7 Å². The molecule has 0 radical (unpaired) electrons. The fourth-order valence-corrected chi connectivity index (χ4v) is 4.22. The lowest BCUT2D eigenvalue weighted by Crippen LogP contribution is -2.36. The third-order valence-corrected chi connectivity index (χ3v) is 5.89. The summed E-state index contributed by atoms with van der Waals surface area (Å²) in [6.45, 7) is 0.635. The van der Waals surface area contributed by atoms with E-state index in [9.17, 15) is 19.5 Å². The first-order valence-corrected chi connectivity index (χ1v) is 10.9. The normalized spacial score (nSPS) is 13.7. The van der Waals surface area contributed by atoms with Crippen molar-refractivity contribution in [2.24, 2.45) is 0 Å². The average molecular weight is 451 g/mol. The molecule has 0 unspecified atom stereocenters. The maximum absolute atomic E-state index is 13.2. The zero-order valence-electron chi connectivity index (χ0n) is 18.2. The number of aromatic nitrogens is 2. The largest absolute Gasteiger partial charge is 0.474 e. The number of anilines is 1. The Morgan fingerprint density at radius 2 is 1.71 bits per heavy atom. The molecule has 2 heterocycles. The summed E-state index contributed by atoms with van der Waals surface area (Å²) in [6, 6.07) is 23.8. The Bertz CT molecular complexity index is 1490. The molecule has 0 atom stereocenters. The van der Waals surface area contributed by atoms with E-state index in [4.69, 9.17) is 4.98 Å². The highest BCUT2D eigenvalue weighted by Crippen LogP contribution is 2.29. The number of amides is 1. The van der Waals surface area contributed by atoms with Gasteiger partial charge in [-0.1, -0.05) is 60.7 Å². The second-order valence-corrected chi connectivity index (χ2v) is 8.11. The maximum Gasteiger partial charge on any atom is 0.394 e. The molecule has 1 aliphatic rings. The van der Waals surface area contributed by atoms with Gasteiger partial charge in [0.05, 0.1) is 17.4 Å². The van der Waals surface area contributed by atoms with E-state index in [-0.39, 0.29) is 12.1 Å². The van der Waals surface area contributed by atoms with E-state index < -0.39 is 11.9 Å². The standard InChI is InChI=1S/C27H21N3O4/c31-25-22-12-11-21(30(26(32)27(33)34)17-19-9-5-2-6-10-19)16-23(22)28-24-20(13-14-29(24)25)15-18-7-3-1-4-8-18/h1-12,15-16H,13-14,17H2,(H,33,34). The molecule has 0 saturated carbocycles. The fraction of sp³-hybridized carbons (Fsp3) is 0.111. The van der Waals surface area contributed by atoms with Crippen molar-refractivity contribution in [1.29, 1.82) is 0 Å². The first-order valence-electron chi connectivity index (χ1n) is 10.9. The highest BCUT2D eigenvalue weighted by atomic mass is 16.4. The summed E-state index contributed by atoms with van der Waals surface area (Å²) < 4.78 is 1.67. The van der Waals surface area contributed by atoms with Gasteiger partial charge in [0.1, 0.15) is 5.82 Å². The molecule has 1 amide bonds. The lowest BCUT2D eigenvalue weighted by atomic mass is 10.1. The number of carbonyl (C=O) groups is 2. The number of carbonyl (C=O) groups excluding carboxylic acids is 1. The van der Waals surface area contributed by atoms with Crippen LogP contribution in [0.15, 0.2) is 83.7 Å². The number of carboxylic acids is 1. The summed E-state index contributed by atoms with van der Waals surface area (Å²) in [7, 11) is 0. The zero-order chi connectivity index (χ0) is 23.7. The number of aliphatic carboxylic acids is 1. The number of fused-ring (bicyclic) bond motifs is 2. The second kappa shape index (κ2) is 8.78. The second-order valence-electron chi connectivity index (χ2n) is 8.11. The minimum absolute atomic E-state index is 0.0839. The van der Waals surface area contributed by atoms with Crippen LogP contribution >= 0.6 is 0 Å². The maximum atomic E-state index is 13.2. The van der Waals surface area contributed by atoms with Gasteiger partial charge in [-0.15, -0.1) is 0 Å². The summed E-state index contributed by atoms with van der Waals surface area (Å²) in [5.74, 6) is -2.01. The predicted octanol–water partition coefficient (Wildman–Crippen LogP) is 3.96. The Morgan fingerprint density at radius 1 is 1.00 bits per heavy atom. The van der Waals surface area contributed by atoms with Crippen LogP contribution in [0.3, 0.4) is 0 Å². The van der Waals surface area contributed by atoms with Gasteiger partial charge in [-0.25, -0.2) is 9.78 Å². The Hall–Kier alpha value is -4.52. The van der Waals surface area contributed by atoms with E-state index in [0.717, 1.165) is 16.7 Å². The summed E-state index contributed by atoms with van der Waals surface area (Å²) in [4.78, 5) is 43.1. The monoisotopic (exact) mass is 451 g/mol. The molecule has 34 heavy (non-hydrogen) atoms. The lowest BCUT2D eigenvalue weighted by molar-refractivity contribution is -0.148. The Morgan fingerprint density at radius 3 is 2.41 bits per heavy atom. The van der Waals surface area contributed by atoms with E-state index in [1.807, 2.05) is 66.7 Å². The van der Waals surface area contributed by atoms with Gasteiger partial charge in [0.25, 0.3) is 5.56 Å². The fourth-order valence-electron chi connectivity index (χ4n) is 4.22. The Kier molecular flexibility index (Phi) is 5.51. The number of benzene rings is 3. The molecule has 0 spiro atoms. The number of rotatable bonds is 4. The summed E-state index contributed by atoms with van der Waals surface area (Å²) in [5.41, 5.74) is 3.40. The minimum Gasteiger partial charge on any atom is -0.474 e. The molecule has 168 valence electrons. The van der Waals surface area contributed by atoms with E-state index in [1.165, 1.54) is 4.90 Å². The van der Waals surface area contributed by atoms with Crippen molar-refractivity contribution in [3.63, 3.8) is 0 Å². The number of carboxylic acid groups (broad SMARTS) is 1. The Labute approximate surface area is 195 Å². The van der Waals surface area contributed by atoms with Gasteiger partial charge in [0.2, 0.25) is 0 Å². The molecule has 0 aliphatic carbocycles. The molecule has 0 saturated heterocycles. The number of hydrogen-bond acceptors (Lipinski definition) is 4. The van der Waals surface area contributed by atoms with Crippen molar-refractivity contribution in [3.05, 3.63) is 106 Å². The van der Waals surface area contributed by atoms with Crippen LogP contribution in [0.2, 0.25) is 0 Å². The molecule has 4 aromatic rings. The van der Waals surface area contributed by atoms with Crippen LogP contribution in [0.5, 0.6) is 0 Å². The average Bonchev–Trinajstić information content (AvgIpc) is 3.25. The molecule has 0 fully saturated rings. The van der Waals surface area contributed by atoms with E-state index in [2.05, 4.69) is 0 Å². The number of allylic oxidation sites excluding steroid dienone is 1. The third-order valence-electron chi connectivity index (χ3n) is 5.89. The van der Waals surface area contributed by atoms with Crippen molar-refractivity contribution in [1.82, 2.24) is 9.55 Å². The molecular weight excluding hydrogens is 430 g/mol. The van der Waals surface area contributed by atoms with Gasteiger partial charge in [-0.2, -0.15) is 0 Å². The van der Waals surface area contributed by atoms with E-state index in [0.29, 0.717) is 35.4 Å². The number of nitrogens with zero attached hydrogens (tertiary/aromatic N) is 3. The minimum atomic E-state index is -1.55. The van der Waals surface area contributed by atoms with Crippen LogP contribution in [-0.2, 0) is 22.7 Å². The van der Waals surface area contributed by atoms with Crippen LogP contribution in [0.25, 0.3) is 22.6 Å². The highest BCUT2D eigenvalue weighted by molar-refractivity contribution is 6.37. The molecule has 3 aromatic carbocycles. The molecule has 7 nitrogen and oxygen atoms in total. The smallest absolute Gasteiger partial charge is 0.394 e. The van der Waals surface area contributed by atoms with Gasteiger partial charge >= 0.3 is 11.9 Å². The van der Waals surface area contributed by atoms with Gasteiger partial charge in [0.15, 0.2) is 0 Å². The molecule has 5 rings (SSSR count). The summed E-state index contributed by atoms with van der Waals surface area (Å²) in [5, 5.41) is 9.81. The van der Waals surface area contributed by atoms with Crippen molar-refractivity contribution in [2.75, 3.05) is 4.90 Å². The predicted molar refractivity (Wildman–Crippen MR) is 130 cm³/mol. The zero-order valence-corrected chi connectivity index (χ0v) is 18.2. The van der Waals surface area contributed by atoms with Gasteiger partial charge in [-0.3, -0.25) is 19.1 Å². The van der Waals surface area contributed by atoms with Gasteiger partial charge < -0.3 is 5.11 Å². The van der Waals surface area contributed by atoms with E-state index >= 15 is 0 Å². The summed E-state index contributed by atoms with van der Waals surface area (Å²) in [6.07, 6.45) is 2.72. The molecule has 1 aliphatic heterocycles. The topological polar surface area (TPSA) is 92.5 Å². The van der Waals surface area contributed by atoms with E-state index in [1.54, 1.807) is 22.8 Å². The van der Waals surface area contributed by atoms with Gasteiger partial charge in [0, 0.05) is 12.2 Å². The van der Waals surface area contributed by atoms with Crippen molar-refractivity contribution >= 4 is 40.1 Å². The Balaban J connectivity index is 1.60. The molecule has 7 heteroatoms. The number of hydrogen-bond donors (Lipinski definition) is 1. The van der Waals surface area contributed by atoms with Crippen molar-refractivity contribution in [2.45, 2.75) is 19.5 Å². The molecule has 0 bridgehead atoms. The van der Waals surface area contributed by atoms with Crippen LogP contribution in [0.1, 0.15) is 23.4 Å². The molecule has 1 aromatic heterocycles. The summed E-state index contributed by atoms with van der Waals surface area (Å²) >= 11 is 0. The van der Waals surface area contributed by atoms with Crippen LogP contribution < -0.4 is 10.5 Å². The SMILES string of the molecule is O=C(O)C(=O)N(Cc1ccccc1)c1ccc2c(=O)n3c(nc2c1)C(=Cc1ccccc1)CC3. The first-order chi connectivity index (χ1) is 16.5. The first kappa shape index (κ1) is 21.3. The molecule has 1 N–H and O–H groups in total. The lowest BCUT2D eigenvalue weighted by Gasteiger charge is -2.21. The van der Waals surface area contributed by atoms with Crippen LogP contribution in [-0.4, -0.2) is 26.5 Å². The van der Waals surface area contributed by atoms with Crippen LogP contribution in [0.4, 0.5) is 5.69 Å². The quantitative estimate of drug-likeness (QED) is 0.474. The molecular formula is C27H21N3O4. The van der Waals surface area contributed by atoms with Crippen LogP contribution in [0, 0.1) is 0 Å². The highest BCUT2D eigenvalue weighted by Gasteiger charge is 2.25. The van der Waals surface area contributed by atoms with Gasteiger partial charge in [-0.05, 0) is 47.4 Å². The third kappa shape index (κ3) is 3.99.